The molecule has 0 spiro atoms. The van der Waals surface area contributed by atoms with Gasteiger partial charge in [0.25, 0.3) is 0 Å². The zero-order chi connectivity index (χ0) is 14.0. The summed E-state index contributed by atoms with van der Waals surface area (Å²) in [6.07, 6.45) is 1.12. The number of hydrogen-bond donors (Lipinski definition) is 2. The van der Waals surface area contributed by atoms with Crippen LogP contribution in [0.3, 0.4) is 0 Å². The number of thiazole rings is 1. The molecule has 0 atom stereocenters. The zero-order valence-corrected chi connectivity index (χ0v) is 11.8. The van der Waals surface area contributed by atoms with Crippen molar-refractivity contribution >= 4 is 23.2 Å². The second-order valence-electron chi connectivity index (χ2n) is 4.67. The van der Waals surface area contributed by atoms with Crippen molar-refractivity contribution in [3.8, 4) is 0 Å². The SMILES string of the molecule is CCC1(CC)NC(=O)CN(Cc2csc(=O)[nH]2)C1=O. The van der Waals surface area contributed by atoms with Crippen molar-refractivity contribution in [3.63, 3.8) is 0 Å². The first-order valence-corrected chi connectivity index (χ1v) is 7.16. The molecule has 2 N–H and O–H groups in total. The van der Waals surface area contributed by atoms with Crippen molar-refractivity contribution in [2.75, 3.05) is 6.54 Å². The number of carbonyl (C=O) groups is 2. The molecule has 6 nitrogen and oxygen atoms in total. The molecule has 19 heavy (non-hydrogen) atoms. The summed E-state index contributed by atoms with van der Waals surface area (Å²) < 4.78 is 0. The van der Waals surface area contributed by atoms with E-state index in [9.17, 15) is 14.4 Å². The van der Waals surface area contributed by atoms with E-state index >= 15 is 0 Å². The number of nitrogens with zero attached hydrogens (tertiary/aromatic N) is 1. The zero-order valence-electron chi connectivity index (χ0n) is 11.0. The van der Waals surface area contributed by atoms with Gasteiger partial charge in [0, 0.05) is 11.1 Å². The number of amides is 2. The fourth-order valence-corrected chi connectivity index (χ4v) is 2.93. The third-order valence-electron chi connectivity index (χ3n) is 3.55. The van der Waals surface area contributed by atoms with Gasteiger partial charge in [-0.2, -0.15) is 0 Å². The van der Waals surface area contributed by atoms with Crippen LogP contribution in [0.1, 0.15) is 32.4 Å². The molecule has 1 aliphatic rings. The third kappa shape index (κ3) is 2.56. The molecule has 0 unspecified atom stereocenters. The van der Waals surface area contributed by atoms with Crippen LogP contribution < -0.4 is 10.2 Å². The molecular formula is C12H17N3O3S. The first kappa shape index (κ1) is 13.8. The van der Waals surface area contributed by atoms with Gasteiger partial charge in [0.05, 0.1) is 6.54 Å². The van der Waals surface area contributed by atoms with E-state index in [1.165, 1.54) is 4.90 Å². The number of hydrogen-bond acceptors (Lipinski definition) is 4. The Balaban J connectivity index is 2.22. The topological polar surface area (TPSA) is 82.3 Å². The van der Waals surface area contributed by atoms with Gasteiger partial charge in [-0.05, 0) is 12.8 Å². The van der Waals surface area contributed by atoms with E-state index in [0.717, 1.165) is 11.3 Å². The highest BCUT2D eigenvalue weighted by Crippen LogP contribution is 2.23. The highest BCUT2D eigenvalue weighted by molar-refractivity contribution is 7.07. The minimum atomic E-state index is -0.800. The van der Waals surface area contributed by atoms with Crippen LogP contribution in [0.15, 0.2) is 10.2 Å². The van der Waals surface area contributed by atoms with Crippen LogP contribution in [0.25, 0.3) is 0 Å². The van der Waals surface area contributed by atoms with Crippen LogP contribution in [0, 0.1) is 0 Å². The molecule has 1 aliphatic heterocycles. The molecule has 1 fully saturated rings. The molecule has 2 amide bonds. The molecule has 2 rings (SSSR count). The van der Waals surface area contributed by atoms with Crippen molar-refractivity contribution in [3.05, 3.63) is 20.7 Å². The number of carbonyl (C=O) groups excluding carboxylic acids is 2. The van der Waals surface area contributed by atoms with Gasteiger partial charge in [0.2, 0.25) is 11.8 Å². The first-order valence-electron chi connectivity index (χ1n) is 6.28. The normalized spacial score (nSPS) is 18.5. The lowest BCUT2D eigenvalue weighted by Crippen LogP contribution is -2.65. The molecule has 1 aromatic rings. The van der Waals surface area contributed by atoms with Crippen LogP contribution in [0.5, 0.6) is 0 Å². The Hall–Kier alpha value is -1.63. The molecule has 0 radical (unpaired) electrons. The summed E-state index contributed by atoms with van der Waals surface area (Å²) in [5, 5.41) is 4.48. The van der Waals surface area contributed by atoms with Crippen LogP contribution >= 0.6 is 11.3 Å². The van der Waals surface area contributed by atoms with E-state index in [-0.39, 0.29) is 29.8 Å². The number of H-pyrrole nitrogens is 1. The highest BCUT2D eigenvalue weighted by atomic mass is 32.1. The summed E-state index contributed by atoms with van der Waals surface area (Å²) in [6.45, 7) is 4.08. The Morgan fingerprint density at radius 1 is 1.32 bits per heavy atom. The maximum Gasteiger partial charge on any atom is 0.304 e. The Labute approximate surface area is 114 Å². The maximum absolute atomic E-state index is 12.5. The minimum absolute atomic E-state index is 0.0401. The lowest BCUT2D eigenvalue weighted by Gasteiger charge is -2.41. The lowest BCUT2D eigenvalue weighted by molar-refractivity contribution is -0.151. The Bertz CT molecular complexity index is 544. The number of aromatic nitrogens is 1. The second kappa shape index (κ2) is 5.16. The van der Waals surface area contributed by atoms with Gasteiger partial charge in [0.1, 0.15) is 12.1 Å². The van der Waals surface area contributed by atoms with E-state index in [4.69, 9.17) is 0 Å². The quantitative estimate of drug-likeness (QED) is 0.842. The van der Waals surface area contributed by atoms with E-state index < -0.39 is 5.54 Å². The predicted octanol–water partition coefficient (Wildman–Crippen LogP) is 0.454. The van der Waals surface area contributed by atoms with Crippen molar-refractivity contribution in [2.24, 2.45) is 0 Å². The van der Waals surface area contributed by atoms with E-state index in [2.05, 4.69) is 10.3 Å². The fraction of sp³-hybridized carbons (Fsp3) is 0.583. The van der Waals surface area contributed by atoms with Crippen molar-refractivity contribution < 1.29 is 9.59 Å². The van der Waals surface area contributed by atoms with Crippen LogP contribution in [0.4, 0.5) is 0 Å². The fourth-order valence-electron chi connectivity index (χ4n) is 2.36. The lowest BCUT2D eigenvalue weighted by atomic mass is 9.89. The van der Waals surface area contributed by atoms with Gasteiger partial charge in [-0.15, -0.1) is 0 Å². The van der Waals surface area contributed by atoms with Crippen molar-refractivity contribution in [1.82, 2.24) is 15.2 Å². The molecule has 0 aliphatic carbocycles. The number of aromatic amines is 1. The third-order valence-corrected chi connectivity index (χ3v) is 4.27. The second-order valence-corrected chi connectivity index (χ2v) is 5.51. The van der Waals surface area contributed by atoms with Crippen molar-refractivity contribution in [2.45, 2.75) is 38.8 Å². The number of rotatable bonds is 4. The van der Waals surface area contributed by atoms with Crippen molar-refractivity contribution in [1.29, 1.82) is 0 Å². The molecule has 1 aromatic heterocycles. The molecular weight excluding hydrogens is 266 g/mol. The predicted molar refractivity (Wildman–Crippen MR) is 71.8 cm³/mol. The number of nitrogens with one attached hydrogen (secondary N) is 2. The Morgan fingerprint density at radius 3 is 2.53 bits per heavy atom. The van der Waals surface area contributed by atoms with Gasteiger partial charge in [-0.25, -0.2) is 0 Å². The van der Waals surface area contributed by atoms with Crippen LogP contribution in [-0.2, 0) is 16.1 Å². The molecule has 1 saturated heterocycles. The molecule has 0 saturated carbocycles. The van der Waals surface area contributed by atoms with E-state index in [0.29, 0.717) is 18.5 Å². The van der Waals surface area contributed by atoms with E-state index in [1.54, 1.807) is 5.38 Å². The Kier molecular flexibility index (Phi) is 3.75. The average Bonchev–Trinajstić information content (AvgIpc) is 2.79. The summed E-state index contributed by atoms with van der Waals surface area (Å²) in [6, 6.07) is 0. The number of piperazine rings is 1. The summed E-state index contributed by atoms with van der Waals surface area (Å²) in [7, 11) is 0. The molecule has 7 heteroatoms. The van der Waals surface area contributed by atoms with Gasteiger partial charge in [-0.1, -0.05) is 25.2 Å². The molecule has 2 heterocycles. The molecule has 0 bridgehead atoms. The minimum Gasteiger partial charge on any atom is -0.340 e. The van der Waals surface area contributed by atoms with Gasteiger partial charge >= 0.3 is 4.87 Å². The van der Waals surface area contributed by atoms with E-state index in [1.807, 2.05) is 13.8 Å². The molecule has 104 valence electrons. The first-order chi connectivity index (χ1) is 9.00. The molecule has 0 aromatic carbocycles. The summed E-state index contributed by atoms with van der Waals surface area (Å²) in [5.74, 6) is -0.231. The summed E-state index contributed by atoms with van der Waals surface area (Å²) in [5.41, 5.74) is -0.134. The van der Waals surface area contributed by atoms with Gasteiger partial charge in [0.15, 0.2) is 0 Å². The van der Waals surface area contributed by atoms with Crippen LogP contribution in [-0.4, -0.2) is 33.8 Å². The highest BCUT2D eigenvalue weighted by Gasteiger charge is 2.43. The standard InChI is InChI=1S/C12H17N3O3S/c1-3-12(4-2)10(17)15(6-9(16)14-12)5-8-7-19-11(18)13-8/h7H,3-6H2,1-2H3,(H,13,18)(H,14,16). The Morgan fingerprint density at radius 2 is 2.00 bits per heavy atom. The van der Waals surface area contributed by atoms with Gasteiger partial charge in [-0.3, -0.25) is 14.4 Å². The summed E-state index contributed by atoms with van der Waals surface area (Å²) >= 11 is 1.06. The van der Waals surface area contributed by atoms with Crippen LogP contribution in [0.2, 0.25) is 0 Å². The smallest absolute Gasteiger partial charge is 0.304 e. The van der Waals surface area contributed by atoms with Gasteiger partial charge < -0.3 is 15.2 Å². The monoisotopic (exact) mass is 283 g/mol. The average molecular weight is 283 g/mol. The summed E-state index contributed by atoms with van der Waals surface area (Å²) in [4.78, 5) is 39.4. The maximum atomic E-state index is 12.5. The largest absolute Gasteiger partial charge is 0.340 e.